The third kappa shape index (κ3) is 6.72. The molecule has 1 saturated carbocycles. The van der Waals surface area contributed by atoms with Crippen LogP contribution >= 0.6 is 0 Å². The van der Waals surface area contributed by atoms with Crippen molar-refractivity contribution in [2.75, 3.05) is 25.5 Å². The molecule has 2 rings (SSSR count). The van der Waals surface area contributed by atoms with E-state index in [2.05, 4.69) is 20.7 Å². The Kier molecular flexibility index (Phi) is 7.03. The van der Waals surface area contributed by atoms with Gasteiger partial charge in [0.15, 0.2) is 0 Å². The van der Waals surface area contributed by atoms with E-state index in [0.29, 0.717) is 18.0 Å². The summed E-state index contributed by atoms with van der Waals surface area (Å²) < 4.78 is 32.5. The van der Waals surface area contributed by atoms with Crippen LogP contribution in [0.5, 0.6) is 5.75 Å². The first-order valence-electron chi connectivity index (χ1n) is 8.73. The Labute approximate surface area is 159 Å². The Bertz CT molecular complexity index is 791. The second-order valence-corrected chi connectivity index (χ2v) is 8.48. The van der Waals surface area contributed by atoms with E-state index in [1.54, 1.807) is 0 Å². The van der Waals surface area contributed by atoms with Gasteiger partial charge in [-0.15, -0.1) is 0 Å². The SMILES string of the molecule is COc1ccc(S(=O)(=O)NC2CC2)cc1NCC(=O)NC(=O)NCC(C)C. The van der Waals surface area contributed by atoms with Crippen LogP contribution in [-0.2, 0) is 14.8 Å². The number of hydrogen-bond donors (Lipinski definition) is 4. The fourth-order valence-corrected chi connectivity index (χ4v) is 3.50. The fraction of sp³-hybridized carbons (Fsp3) is 0.529. The van der Waals surface area contributed by atoms with Crippen LogP contribution in [0.3, 0.4) is 0 Å². The summed E-state index contributed by atoms with van der Waals surface area (Å²) in [5.74, 6) is 0.0993. The van der Waals surface area contributed by atoms with Gasteiger partial charge in [-0.3, -0.25) is 10.1 Å². The van der Waals surface area contributed by atoms with Crippen LogP contribution in [0, 0.1) is 5.92 Å². The number of carbonyl (C=O) groups is 2. The van der Waals surface area contributed by atoms with Gasteiger partial charge in [-0.1, -0.05) is 13.8 Å². The summed E-state index contributed by atoms with van der Waals surface area (Å²) >= 11 is 0. The Morgan fingerprint density at radius 2 is 1.96 bits per heavy atom. The molecule has 1 aliphatic carbocycles. The van der Waals surface area contributed by atoms with Gasteiger partial charge in [0.1, 0.15) is 5.75 Å². The number of methoxy groups -OCH3 is 1. The fourth-order valence-electron chi connectivity index (χ4n) is 2.17. The van der Waals surface area contributed by atoms with Gasteiger partial charge in [-0.05, 0) is 37.0 Å². The van der Waals surface area contributed by atoms with Crippen molar-refractivity contribution in [1.82, 2.24) is 15.4 Å². The first kappa shape index (κ1) is 21.0. The zero-order chi connectivity index (χ0) is 20.0. The van der Waals surface area contributed by atoms with E-state index < -0.39 is 22.0 Å². The van der Waals surface area contributed by atoms with Gasteiger partial charge in [0.25, 0.3) is 0 Å². The summed E-state index contributed by atoms with van der Waals surface area (Å²) in [6.07, 6.45) is 1.67. The Morgan fingerprint density at radius 3 is 2.56 bits per heavy atom. The molecule has 1 fully saturated rings. The first-order chi connectivity index (χ1) is 12.7. The van der Waals surface area contributed by atoms with Crippen molar-refractivity contribution >= 4 is 27.6 Å². The van der Waals surface area contributed by atoms with Gasteiger partial charge in [0.2, 0.25) is 15.9 Å². The molecule has 9 nitrogen and oxygen atoms in total. The van der Waals surface area contributed by atoms with Crippen LogP contribution in [0.25, 0.3) is 0 Å². The molecule has 0 spiro atoms. The molecular formula is C17H26N4O5S. The topological polar surface area (TPSA) is 126 Å². The van der Waals surface area contributed by atoms with Gasteiger partial charge in [0, 0.05) is 12.6 Å². The molecular weight excluding hydrogens is 372 g/mol. The molecule has 27 heavy (non-hydrogen) atoms. The second kappa shape index (κ2) is 9.05. The Morgan fingerprint density at radius 1 is 1.26 bits per heavy atom. The summed E-state index contributed by atoms with van der Waals surface area (Å²) in [6, 6.07) is 3.76. The molecule has 0 atom stereocenters. The lowest BCUT2D eigenvalue weighted by atomic mass is 10.2. The van der Waals surface area contributed by atoms with E-state index in [0.717, 1.165) is 12.8 Å². The van der Waals surface area contributed by atoms with Crippen LogP contribution in [0.1, 0.15) is 26.7 Å². The molecule has 0 radical (unpaired) electrons. The van der Waals surface area contributed by atoms with Gasteiger partial charge < -0.3 is 15.4 Å². The largest absolute Gasteiger partial charge is 0.495 e. The van der Waals surface area contributed by atoms with Crippen molar-refractivity contribution in [2.45, 2.75) is 37.6 Å². The predicted octanol–water partition coefficient (Wildman–Crippen LogP) is 1.03. The molecule has 1 aromatic rings. The average Bonchev–Trinajstić information content (AvgIpc) is 3.41. The van der Waals surface area contributed by atoms with Crippen molar-refractivity contribution in [3.05, 3.63) is 18.2 Å². The summed E-state index contributed by atoms with van der Waals surface area (Å²) in [4.78, 5) is 23.6. The highest BCUT2D eigenvalue weighted by Gasteiger charge is 2.28. The molecule has 0 heterocycles. The standard InChI is InChI=1S/C17H26N4O5S/c1-11(2)9-19-17(23)20-16(22)10-18-14-8-13(6-7-15(14)26-3)27(24,25)21-12-4-5-12/h6-8,11-12,18,21H,4-5,9-10H2,1-3H3,(H2,19,20,22,23). The van der Waals surface area contributed by atoms with E-state index >= 15 is 0 Å². The van der Waals surface area contributed by atoms with Crippen LogP contribution in [0.4, 0.5) is 10.5 Å². The van der Waals surface area contributed by atoms with Gasteiger partial charge in [-0.25, -0.2) is 17.9 Å². The number of nitrogens with one attached hydrogen (secondary N) is 4. The van der Waals surface area contributed by atoms with Crippen LogP contribution < -0.4 is 25.4 Å². The van der Waals surface area contributed by atoms with E-state index in [4.69, 9.17) is 4.74 Å². The highest BCUT2D eigenvalue weighted by molar-refractivity contribution is 7.89. The van der Waals surface area contributed by atoms with Crippen LogP contribution in [0.2, 0.25) is 0 Å². The second-order valence-electron chi connectivity index (χ2n) is 6.76. The molecule has 0 bridgehead atoms. The first-order valence-corrected chi connectivity index (χ1v) is 10.2. The van der Waals surface area contributed by atoms with Gasteiger partial charge >= 0.3 is 6.03 Å². The molecule has 1 aliphatic rings. The third-order valence-electron chi connectivity index (χ3n) is 3.74. The number of rotatable bonds is 9. The zero-order valence-corrected chi connectivity index (χ0v) is 16.5. The van der Waals surface area contributed by atoms with E-state index in [9.17, 15) is 18.0 Å². The molecule has 10 heteroatoms. The Hall–Kier alpha value is -2.33. The molecule has 0 unspecified atom stereocenters. The highest BCUT2D eigenvalue weighted by Crippen LogP contribution is 2.29. The molecule has 0 saturated heterocycles. The van der Waals surface area contributed by atoms with Crippen molar-refractivity contribution in [2.24, 2.45) is 5.92 Å². The van der Waals surface area contributed by atoms with E-state index in [1.807, 2.05) is 13.8 Å². The summed E-state index contributed by atoms with van der Waals surface area (Å²) in [5, 5.41) is 7.58. The van der Waals surface area contributed by atoms with Crippen molar-refractivity contribution < 1.29 is 22.7 Å². The van der Waals surface area contributed by atoms with Crippen molar-refractivity contribution in [3.63, 3.8) is 0 Å². The zero-order valence-electron chi connectivity index (χ0n) is 15.7. The third-order valence-corrected chi connectivity index (χ3v) is 5.26. The minimum absolute atomic E-state index is 0.0105. The maximum atomic E-state index is 12.3. The van der Waals surface area contributed by atoms with E-state index in [-0.39, 0.29) is 23.4 Å². The molecule has 4 N–H and O–H groups in total. The maximum Gasteiger partial charge on any atom is 0.321 e. The van der Waals surface area contributed by atoms with Crippen molar-refractivity contribution in [3.8, 4) is 5.75 Å². The number of imide groups is 1. The number of sulfonamides is 1. The number of amides is 3. The molecule has 1 aromatic carbocycles. The average molecular weight is 398 g/mol. The lowest BCUT2D eigenvalue weighted by Crippen LogP contribution is -2.43. The monoisotopic (exact) mass is 398 g/mol. The number of ether oxygens (including phenoxy) is 1. The summed E-state index contributed by atoms with van der Waals surface area (Å²) in [7, 11) is -2.19. The smallest absolute Gasteiger partial charge is 0.321 e. The van der Waals surface area contributed by atoms with Gasteiger partial charge in [0.05, 0.1) is 24.2 Å². The quantitative estimate of drug-likeness (QED) is 0.492. The van der Waals surface area contributed by atoms with Crippen LogP contribution in [0.15, 0.2) is 23.1 Å². The maximum absolute atomic E-state index is 12.3. The predicted molar refractivity (Wildman–Crippen MR) is 101 cm³/mol. The lowest BCUT2D eigenvalue weighted by molar-refractivity contribution is -0.118. The minimum atomic E-state index is -3.63. The van der Waals surface area contributed by atoms with Crippen LogP contribution in [-0.4, -0.2) is 46.6 Å². The minimum Gasteiger partial charge on any atom is -0.495 e. The summed E-state index contributed by atoms with van der Waals surface area (Å²) in [5.41, 5.74) is 0.342. The number of hydrogen-bond acceptors (Lipinski definition) is 6. The lowest BCUT2D eigenvalue weighted by Gasteiger charge is -2.14. The molecule has 3 amide bonds. The molecule has 0 aromatic heterocycles. The highest BCUT2D eigenvalue weighted by atomic mass is 32.2. The Balaban J connectivity index is 1.98. The number of urea groups is 1. The molecule has 0 aliphatic heterocycles. The number of carbonyl (C=O) groups excluding carboxylic acids is 2. The molecule has 150 valence electrons. The normalized spacial score (nSPS) is 13.9. The number of benzene rings is 1. The van der Waals surface area contributed by atoms with Gasteiger partial charge in [-0.2, -0.15) is 0 Å². The number of anilines is 1. The summed E-state index contributed by atoms with van der Waals surface area (Å²) in [6.45, 7) is 4.11. The van der Waals surface area contributed by atoms with Crippen molar-refractivity contribution in [1.29, 1.82) is 0 Å². The van der Waals surface area contributed by atoms with E-state index in [1.165, 1.54) is 25.3 Å².